The SMILES string of the molecule is Cc1cc(OCCCCCCCCCCC(=O)NC(CO[Si](C(C)C)(C(C)C)C(C)C)(CO[Si](C(C)C)(C(C)C)C(C)C)CO[Si](C(C)C)(C(C)C)C(C)C)cc2c1Cc1c(C)cc(OCCCCCCCCCCC(=O)NC(CO[Si](C(C)C)(C(C)C)C(C)C)(CO[Si](C(C)C)(C(C)C)C(C)C)CO[Si](C(C)C)(C(C)C)C(C)C)cc1O2. The van der Waals surface area contributed by atoms with Crippen LogP contribution in [0.2, 0.25) is 99.7 Å². The molecule has 688 valence electrons. The highest BCUT2D eigenvalue weighted by atomic mass is 28.4. The van der Waals surface area contributed by atoms with E-state index in [1.807, 2.05) is 0 Å². The van der Waals surface area contributed by atoms with E-state index in [-0.39, 0.29) is 11.8 Å². The van der Waals surface area contributed by atoms with Gasteiger partial charge in [0.15, 0.2) is 49.9 Å². The van der Waals surface area contributed by atoms with Crippen molar-refractivity contribution in [2.75, 3.05) is 52.9 Å². The van der Waals surface area contributed by atoms with Gasteiger partial charge < -0.3 is 51.4 Å². The van der Waals surface area contributed by atoms with E-state index in [2.05, 4.69) is 298 Å². The van der Waals surface area contributed by atoms with Crippen molar-refractivity contribution in [3.63, 3.8) is 0 Å². The fourth-order valence-electron chi connectivity index (χ4n) is 23.6. The van der Waals surface area contributed by atoms with Crippen LogP contribution in [0.15, 0.2) is 24.3 Å². The van der Waals surface area contributed by atoms with E-state index in [1.54, 1.807) is 0 Å². The minimum Gasteiger partial charge on any atom is -0.493 e. The third-order valence-corrected chi connectivity index (χ3v) is 65.5. The van der Waals surface area contributed by atoms with E-state index in [0.29, 0.717) is 165 Å². The van der Waals surface area contributed by atoms with Crippen molar-refractivity contribution in [3.05, 3.63) is 46.5 Å². The maximum absolute atomic E-state index is 14.7. The van der Waals surface area contributed by atoms with Crippen LogP contribution in [0.1, 0.15) is 387 Å². The fraction of sp³-hybridized carbons (Fsp3) is 0.859. The summed E-state index contributed by atoms with van der Waals surface area (Å²) in [5, 5.41) is 7.45. The molecular formula is C99H192N2O11Si6. The van der Waals surface area contributed by atoms with Gasteiger partial charge in [-0.3, -0.25) is 9.59 Å². The van der Waals surface area contributed by atoms with Crippen LogP contribution in [-0.4, -0.2) is 126 Å². The Balaban J connectivity index is 1.59. The second kappa shape index (κ2) is 50.4. The number of rotatable bonds is 62. The summed E-state index contributed by atoms with van der Waals surface area (Å²) in [6.07, 6.45) is 19.0. The molecule has 19 heteroatoms. The predicted molar refractivity (Wildman–Crippen MR) is 523 cm³/mol. The minimum atomic E-state index is -2.35. The minimum absolute atomic E-state index is 0.0860. The van der Waals surface area contributed by atoms with Crippen LogP contribution in [0.3, 0.4) is 0 Å². The van der Waals surface area contributed by atoms with Gasteiger partial charge in [0.2, 0.25) is 11.8 Å². The molecule has 0 bridgehead atoms. The maximum Gasteiger partial charge on any atom is 0.220 e. The van der Waals surface area contributed by atoms with Gasteiger partial charge in [0.25, 0.3) is 0 Å². The molecule has 2 aromatic carbocycles. The summed E-state index contributed by atoms with van der Waals surface area (Å²) in [6.45, 7) is 92.9. The summed E-state index contributed by atoms with van der Waals surface area (Å²) in [5.41, 5.74) is 10.4. The van der Waals surface area contributed by atoms with Crippen molar-refractivity contribution in [2.24, 2.45) is 0 Å². The topological polar surface area (TPSA) is 141 Å². The van der Waals surface area contributed by atoms with Gasteiger partial charge in [0, 0.05) is 42.5 Å². The molecular weight excluding hydrogens is 1560 g/mol. The molecule has 2 N–H and O–H groups in total. The third-order valence-electron chi connectivity index (χ3n) is 29.2. The number of amides is 2. The monoisotopic (exact) mass is 1750 g/mol. The van der Waals surface area contributed by atoms with Crippen molar-refractivity contribution >= 4 is 61.7 Å². The van der Waals surface area contributed by atoms with Crippen molar-refractivity contribution in [2.45, 2.75) is 496 Å². The first kappa shape index (κ1) is 110. The average Bonchev–Trinajstić information content (AvgIpc) is 0.779. The molecule has 13 nitrogen and oxygen atoms in total. The molecule has 1 aliphatic rings. The zero-order chi connectivity index (χ0) is 89.9. The van der Waals surface area contributed by atoms with Crippen molar-refractivity contribution in [1.29, 1.82) is 0 Å². The zero-order valence-electron chi connectivity index (χ0n) is 84.3. The Morgan fingerprint density at radius 1 is 0.288 bits per heavy atom. The first-order valence-corrected chi connectivity index (χ1v) is 61.4. The van der Waals surface area contributed by atoms with Gasteiger partial charge in [-0.1, -0.05) is 326 Å². The third kappa shape index (κ3) is 28.4. The molecule has 0 spiro atoms. The Morgan fingerprint density at radius 2 is 0.466 bits per heavy atom. The molecule has 0 saturated carbocycles. The Labute approximate surface area is 736 Å². The maximum atomic E-state index is 14.7. The number of hydrogen-bond donors (Lipinski definition) is 2. The summed E-state index contributed by atoms with van der Waals surface area (Å²) in [7, 11) is -14.1. The first-order chi connectivity index (χ1) is 54.9. The molecule has 1 heterocycles. The lowest BCUT2D eigenvalue weighted by Gasteiger charge is -2.50. The highest BCUT2D eigenvalue weighted by Gasteiger charge is 2.56. The lowest BCUT2D eigenvalue weighted by molar-refractivity contribution is -0.125. The van der Waals surface area contributed by atoms with Crippen LogP contribution >= 0.6 is 0 Å². The number of ether oxygens (including phenoxy) is 3. The van der Waals surface area contributed by atoms with E-state index in [1.165, 1.54) is 47.9 Å². The number of nitrogens with one attached hydrogen (secondary N) is 2. The number of carbonyl (C=O) groups is 2. The van der Waals surface area contributed by atoms with Crippen LogP contribution in [0, 0.1) is 13.8 Å². The molecule has 1 aliphatic heterocycles. The van der Waals surface area contributed by atoms with Gasteiger partial charge >= 0.3 is 0 Å². The quantitative estimate of drug-likeness (QED) is 0.0412. The molecule has 0 fully saturated rings. The van der Waals surface area contributed by atoms with Crippen LogP contribution in [0.4, 0.5) is 0 Å². The van der Waals surface area contributed by atoms with E-state index in [4.69, 9.17) is 40.8 Å². The van der Waals surface area contributed by atoms with Gasteiger partial charge in [-0.15, -0.1) is 0 Å². The van der Waals surface area contributed by atoms with Crippen molar-refractivity contribution in [3.8, 4) is 23.0 Å². The van der Waals surface area contributed by atoms with Crippen molar-refractivity contribution in [1.82, 2.24) is 10.6 Å². The number of fused-ring (bicyclic) bond motifs is 2. The lowest BCUT2D eigenvalue weighted by atomic mass is 9.93. The second-order valence-electron chi connectivity index (χ2n) is 42.9. The van der Waals surface area contributed by atoms with Crippen LogP contribution in [-0.2, 0) is 42.6 Å². The number of aryl methyl sites for hydroxylation is 2. The molecule has 0 unspecified atom stereocenters. The Kier molecular flexibility index (Phi) is 47.0. The Hall–Kier alpha value is -2.16. The normalized spacial score (nSPS) is 14.0. The molecule has 118 heavy (non-hydrogen) atoms. The Bertz CT molecular complexity index is 2680. The van der Waals surface area contributed by atoms with E-state index in [0.717, 1.165) is 106 Å². The Morgan fingerprint density at radius 3 is 0.653 bits per heavy atom. The molecule has 3 rings (SSSR count). The van der Waals surface area contributed by atoms with Crippen LogP contribution < -0.4 is 24.8 Å². The van der Waals surface area contributed by atoms with E-state index >= 15 is 0 Å². The summed E-state index contributed by atoms with van der Waals surface area (Å²) in [6, 6.07) is 8.52. The molecule has 2 aromatic rings. The number of unbranched alkanes of at least 4 members (excludes halogenated alkanes) is 14. The summed E-state index contributed by atoms with van der Waals surface area (Å²) in [4.78, 5) is 29.4. The van der Waals surface area contributed by atoms with Gasteiger partial charge in [-0.2, -0.15) is 0 Å². The molecule has 0 aromatic heterocycles. The van der Waals surface area contributed by atoms with Gasteiger partial charge in [-0.05, 0) is 163 Å². The van der Waals surface area contributed by atoms with Crippen LogP contribution in [0.25, 0.3) is 0 Å². The van der Waals surface area contributed by atoms with Crippen LogP contribution in [0.5, 0.6) is 23.0 Å². The summed E-state index contributed by atoms with van der Waals surface area (Å²) in [5.74, 6) is 3.64. The predicted octanol–water partition coefficient (Wildman–Crippen LogP) is 30.6. The highest BCUT2D eigenvalue weighted by Crippen LogP contribution is 2.51. The second-order valence-corrected chi connectivity index (χ2v) is 75.6. The molecule has 2 amide bonds. The zero-order valence-corrected chi connectivity index (χ0v) is 90.3. The number of carbonyl (C=O) groups excluding carboxylic acids is 2. The molecule has 0 aliphatic carbocycles. The number of hydrogen-bond acceptors (Lipinski definition) is 11. The smallest absolute Gasteiger partial charge is 0.220 e. The number of benzene rings is 2. The lowest BCUT2D eigenvalue weighted by Crippen LogP contribution is -2.65. The van der Waals surface area contributed by atoms with Gasteiger partial charge in [0.05, 0.1) is 52.9 Å². The highest BCUT2D eigenvalue weighted by molar-refractivity contribution is 6.80. The van der Waals surface area contributed by atoms with Gasteiger partial charge in [0.1, 0.15) is 34.1 Å². The van der Waals surface area contributed by atoms with Gasteiger partial charge in [-0.25, -0.2) is 0 Å². The molecule has 0 atom stereocenters. The standard InChI is InChI=1S/C99H192N2O11Si6/c1-70(2)113(71(3)4,72(5)6)106-64-98(65-107-114(73(7)8,74(9)10)75(11)12,66-108-115(76(13)14,77(15)16)78(17)18)100-96(102)55-51-47-43-39-41-45-49-53-57-104-90-59-88(37)92-63-93-89(38)60-91(62-95(93)112-94(92)61-90)105-58-54-50-46-42-40-44-48-52-56-97(103)101-99(67-109-116(79(19)20,80(21)22)81(23)24,68-110-117(82(25)26,83(27)28)84(29)30)69-111-118(85(31)32,86(33)34)87(35)36/h59-62,70-87H,39-58,63-69H2,1-38H3,(H,100,102)(H,101,103). The average molecular weight is 1760 g/mol. The van der Waals surface area contributed by atoms with E-state index in [9.17, 15) is 9.59 Å². The summed E-state index contributed by atoms with van der Waals surface area (Å²) >= 11 is 0. The fourth-order valence-corrected chi connectivity index (χ4v) is 56.8. The first-order valence-electron chi connectivity index (χ1n) is 48.6. The summed E-state index contributed by atoms with van der Waals surface area (Å²) < 4.78 is 65.1. The molecule has 0 radical (unpaired) electrons. The molecule has 0 saturated heterocycles. The van der Waals surface area contributed by atoms with E-state index < -0.39 is 61.0 Å². The largest absolute Gasteiger partial charge is 0.493 e. The van der Waals surface area contributed by atoms with Crippen molar-refractivity contribution < 1.29 is 50.4 Å².